The summed E-state index contributed by atoms with van der Waals surface area (Å²) in [7, 11) is -1.92. The first kappa shape index (κ1) is 17.1. The van der Waals surface area contributed by atoms with E-state index < -0.39 is 16.1 Å². The molecule has 1 aromatic rings. The average Bonchev–Trinajstić information content (AvgIpc) is 3.03. The zero-order valence-corrected chi connectivity index (χ0v) is 14.3. The van der Waals surface area contributed by atoms with Crippen molar-refractivity contribution in [3.63, 3.8) is 0 Å². The molecule has 1 amide bonds. The van der Waals surface area contributed by atoms with E-state index in [4.69, 9.17) is 0 Å². The lowest BCUT2D eigenvalue weighted by atomic mass is 10.2. The standard InChI is InChI=1S/C15H20N2O3S2/c1-3-16(2)15(18)14-11-21-12-17(14)22(19,20)10-9-13-7-5-4-6-8-13/h4-10,14H,3,11-12H2,1-2H3/b10-9+/t14-/m1/s1. The molecule has 1 heterocycles. The van der Waals surface area contributed by atoms with E-state index in [2.05, 4.69) is 0 Å². The van der Waals surface area contributed by atoms with Crippen LogP contribution >= 0.6 is 11.8 Å². The fourth-order valence-electron chi connectivity index (χ4n) is 2.09. The maximum Gasteiger partial charge on any atom is 0.241 e. The highest BCUT2D eigenvalue weighted by Crippen LogP contribution is 2.26. The van der Waals surface area contributed by atoms with Gasteiger partial charge in [0.1, 0.15) is 6.04 Å². The predicted octanol–water partition coefficient (Wildman–Crippen LogP) is 1.84. The molecule has 0 N–H and O–H groups in total. The summed E-state index contributed by atoms with van der Waals surface area (Å²) in [5, 5.41) is 1.18. The maximum atomic E-state index is 12.5. The second-order valence-electron chi connectivity index (χ2n) is 5.01. The Morgan fingerprint density at radius 3 is 2.73 bits per heavy atom. The zero-order valence-electron chi connectivity index (χ0n) is 12.7. The number of sulfonamides is 1. The summed E-state index contributed by atoms with van der Waals surface area (Å²) >= 11 is 1.46. The molecule has 1 saturated heterocycles. The molecule has 1 fully saturated rings. The lowest BCUT2D eigenvalue weighted by Gasteiger charge is -2.25. The number of carbonyl (C=O) groups excluding carboxylic acids is 1. The van der Waals surface area contributed by atoms with Gasteiger partial charge in [-0.1, -0.05) is 30.3 Å². The predicted molar refractivity (Wildman–Crippen MR) is 90.7 cm³/mol. The topological polar surface area (TPSA) is 57.7 Å². The SMILES string of the molecule is CCN(C)C(=O)[C@H]1CSCN1S(=O)(=O)/C=C/c1ccccc1. The van der Waals surface area contributed by atoms with Crippen molar-refractivity contribution in [3.05, 3.63) is 41.3 Å². The molecule has 22 heavy (non-hydrogen) atoms. The van der Waals surface area contributed by atoms with Crippen molar-refractivity contribution in [1.82, 2.24) is 9.21 Å². The number of amides is 1. The molecule has 0 radical (unpaired) electrons. The van der Waals surface area contributed by atoms with Crippen LogP contribution in [0.15, 0.2) is 35.7 Å². The van der Waals surface area contributed by atoms with Gasteiger partial charge in [0.2, 0.25) is 15.9 Å². The smallest absolute Gasteiger partial charge is 0.241 e. The van der Waals surface area contributed by atoms with Crippen molar-refractivity contribution >= 4 is 33.8 Å². The fraction of sp³-hybridized carbons (Fsp3) is 0.400. The van der Waals surface area contributed by atoms with Gasteiger partial charge in [0.05, 0.1) is 5.88 Å². The first-order chi connectivity index (χ1) is 10.5. The van der Waals surface area contributed by atoms with Crippen LogP contribution in [0.2, 0.25) is 0 Å². The van der Waals surface area contributed by atoms with Gasteiger partial charge in [-0.25, -0.2) is 8.42 Å². The van der Waals surface area contributed by atoms with Gasteiger partial charge in [-0.3, -0.25) is 4.79 Å². The summed E-state index contributed by atoms with van der Waals surface area (Å²) < 4.78 is 26.3. The van der Waals surface area contributed by atoms with E-state index >= 15 is 0 Å². The van der Waals surface area contributed by atoms with E-state index in [1.165, 1.54) is 21.5 Å². The molecule has 5 nitrogen and oxygen atoms in total. The van der Waals surface area contributed by atoms with E-state index in [-0.39, 0.29) is 5.91 Å². The normalized spacial score (nSPS) is 19.6. The third-order valence-corrected chi connectivity index (χ3v) is 6.23. The number of thioether (sulfide) groups is 1. The Hall–Kier alpha value is -1.31. The van der Waals surface area contributed by atoms with E-state index in [1.54, 1.807) is 18.0 Å². The third-order valence-electron chi connectivity index (χ3n) is 3.54. The van der Waals surface area contributed by atoms with Gasteiger partial charge in [-0.2, -0.15) is 4.31 Å². The van der Waals surface area contributed by atoms with E-state index in [1.807, 2.05) is 37.3 Å². The number of nitrogens with zero attached hydrogens (tertiary/aromatic N) is 2. The molecule has 0 spiro atoms. The first-order valence-electron chi connectivity index (χ1n) is 7.03. The van der Waals surface area contributed by atoms with Crippen molar-refractivity contribution in [3.8, 4) is 0 Å². The lowest BCUT2D eigenvalue weighted by Crippen LogP contribution is -2.47. The van der Waals surface area contributed by atoms with Gasteiger partial charge in [-0.05, 0) is 18.6 Å². The number of likely N-dealkylation sites (N-methyl/N-ethyl adjacent to an activating group) is 1. The number of hydrogen-bond donors (Lipinski definition) is 0. The second-order valence-corrected chi connectivity index (χ2v) is 7.78. The van der Waals surface area contributed by atoms with E-state index in [9.17, 15) is 13.2 Å². The Balaban J connectivity index is 2.17. The van der Waals surface area contributed by atoms with Crippen LogP contribution in [0.5, 0.6) is 0 Å². The zero-order chi connectivity index (χ0) is 16.2. The van der Waals surface area contributed by atoms with E-state index in [0.717, 1.165) is 5.56 Å². The Bertz CT molecular complexity index is 644. The van der Waals surface area contributed by atoms with Crippen LogP contribution < -0.4 is 0 Å². The molecule has 2 rings (SSSR count). The van der Waals surface area contributed by atoms with Gasteiger partial charge in [0.15, 0.2) is 0 Å². The highest BCUT2D eigenvalue weighted by molar-refractivity contribution is 8.01. The van der Waals surface area contributed by atoms with Crippen molar-refractivity contribution in [2.24, 2.45) is 0 Å². The Labute approximate surface area is 136 Å². The molecule has 0 unspecified atom stereocenters. The van der Waals surface area contributed by atoms with Gasteiger partial charge in [-0.15, -0.1) is 11.8 Å². The summed E-state index contributed by atoms with van der Waals surface area (Å²) in [6.45, 7) is 2.43. The van der Waals surface area contributed by atoms with Crippen molar-refractivity contribution in [2.45, 2.75) is 13.0 Å². The minimum absolute atomic E-state index is 0.149. The minimum Gasteiger partial charge on any atom is -0.345 e. The molecule has 0 aliphatic carbocycles. The fourth-order valence-corrected chi connectivity index (χ4v) is 5.01. The molecule has 1 atom stereocenters. The largest absolute Gasteiger partial charge is 0.345 e. The van der Waals surface area contributed by atoms with Crippen LogP contribution in [0.4, 0.5) is 0 Å². The quantitative estimate of drug-likeness (QED) is 0.821. The average molecular weight is 340 g/mol. The van der Waals surface area contributed by atoms with Crippen molar-refractivity contribution < 1.29 is 13.2 Å². The van der Waals surface area contributed by atoms with Crippen LogP contribution in [0, 0.1) is 0 Å². The van der Waals surface area contributed by atoms with E-state index in [0.29, 0.717) is 18.2 Å². The highest BCUT2D eigenvalue weighted by atomic mass is 32.2. The third kappa shape index (κ3) is 3.91. The van der Waals surface area contributed by atoms with Crippen LogP contribution in [0.1, 0.15) is 12.5 Å². The molecule has 0 bridgehead atoms. The molecule has 1 aliphatic heterocycles. The van der Waals surface area contributed by atoms with Gasteiger partial charge >= 0.3 is 0 Å². The molecule has 7 heteroatoms. The summed E-state index contributed by atoms with van der Waals surface area (Å²) in [6.07, 6.45) is 1.56. The molecular weight excluding hydrogens is 320 g/mol. The Morgan fingerprint density at radius 2 is 2.09 bits per heavy atom. The molecule has 1 aliphatic rings. The van der Waals surface area contributed by atoms with Crippen LogP contribution in [-0.4, -0.2) is 54.8 Å². The Kier molecular flexibility index (Phi) is 5.66. The van der Waals surface area contributed by atoms with Crippen LogP contribution in [0.3, 0.4) is 0 Å². The van der Waals surface area contributed by atoms with Gasteiger partial charge in [0, 0.05) is 24.8 Å². The molecule has 1 aromatic carbocycles. The number of benzene rings is 1. The second kappa shape index (κ2) is 7.30. The minimum atomic E-state index is -3.61. The number of hydrogen-bond acceptors (Lipinski definition) is 4. The van der Waals surface area contributed by atoms with Gasteiger partial charge in [0.25, 0.3) is 0 Å². The molecular formula is C15H20N2O3S2. The van der Waals surface area contributed by atoms with Crippen molar-refractivity contribution in [2.75, 3.05) is 25.2 Å². The molecule has 0 saturated carbocycles. The van der Waals surface area contributed by atoms with Crippen LogP contribution in [0.25, 0.3) is 6.08 Å². The Morgan fingerprint density at radius 1 is 1.41 bits per heavy atom. The highest BCUT2D eigenvalue weighted by Gasteiger charge is 2.39. The van der Waals surface area contributed by atoms with Crippen LogP contribution in [-0.2, 0) is 14.8 Å². The maximum absolute atomic E-state index is 12.5. The summed E-state index contributed by atoms with van der Waals surface area (Å²) in [5.74, 6) is 0.668. The number of carbonyl (C=O) groups is 1. The number of rotatable bonds is 5. The first-order valence-corrected chi connectivity index (χ1v) is 9.69. The summed E-state index contributed by atoms with van der Waals surface area (Å²) in [6, 6.07) is 8.62. The molecule has 120 valence electrons. The summed E-state index contributed by atoms with van der Waals surface area (Å²) in [5.41, 5.74) is 0.812. The lowest BCUT2D eigenvalue weighted by molar-refractivity contribution is -0.132. The summed E-state index contributed by atoms with van der Waals surface area (Å²) in [4.78, 5) is 13.8. The van der Waals surface area contributed by atoms with Crippen molar-refractivity contribution in [1.29, 1.82) is 0 Å². The molecule has 0 aromatic heterocycles. The monoisotopic (exact) mass is 340 g/mol. The van der Waals surface area contributed by atoms with Gasteiger partial charge < -0.3 is 4.90 Å².